The second kappa shape index (κ2) is 5.63. The summed E-state index contributed by atoms with van der Waals surface area (Å²) in [6.07, 6.45) is 6.50. The van der Waals surface area contributed by atoms with Crippen molar-refractivity contribution in [2.24, 2.45) is 0 Å². The number of aromatic nitrogens is 2. The highest BCUT2D eigenvalue weighted by Gasteiger charge is 2.16. The maximum atomic E-state index is 11.2. The molecule has 0 saturated carbocycles. The molecule has 0 spiro atoms. The van der Waals surface area contributed by atoms with Crippen LogP contribution in [-0.4, -0.2) is 33.3 Å². The lowest BCUT2D eigenvalue weighted by molar-refractivity contribution is 0.00897. The molecule has 2 aromatic rings. The van der Waals surface area contributed by atoms with Crippen LogP contribution in [0.1, 0.15) is 36.0 Å². The lowest BCUT2D eigenvalue weighted by Gasteiger charge is -2.22. The van der Waals surface area contributed by atoms with Crippen LogP contribution in [0.2, 0.25) is 0 Å². The van der Waals surface area contributed by atoms with E-state index in [-0.39, 0.29) is 5.56 Å². The van der Waals surface area contributed by atoms with Gasteiger partial charge in [0.2, 0.25) is 0 Å². The van der Waals surface area contributed by atoms with E-state index in [0.717, 1.165) is 37.9 Å². The van der Waals surface area contributed by atoms with Crippen molar-refractivity contribution in [2.75, 3.05) is 6.61 Å². The van der Waals surface area contributed by atoms with E-state index in [9.17, 15) is 4.79 Å². The zero-order valence-electron chi connectivity index (χ0n) is 11.3. The van der Waals surface area contributed by atoms with Gasteiger partial charge in [0.25, 0.3) is 0 Å². The SMILES string of the molecule is O=C(O)c1cccc2c1ncn2CCC1CCCCO1. The number of aromatic carboxylic acids is 1. The second-order valence-corrected chi connectivity index (χ2v) is 5.19. The van der Waals surface area contributed by atoms with Crippen LogP contribution in [0.15, 0.2) is 24.5 Å². The molecule has 5 nitrogen and oxygen atoms in total. The molecule has 1 aliphatic rings. The standard InChI is InChI=1S/C15H18N2O3/c18-15(19)12-5-3-6-13-14(12)16-10-17(13)8-7-11-4-1-2-9-20-11/h3,5-6,10-11H,1-2,4,7-9H2,(H,18,19). The van der Waals surface area contributed by atoms with Crippen LogP contribution in [0.25, 0.3) is 11.0 Å². The number of nitrogens with zero attached hydrogens (tertiary/aromatic N) is 2. The van der Waals surface area contributed by atoms with Gasteiger partial charge in [0.1, 0.15) is 5.52 Å². The summed E-state index contributed by atoms with van der Waals surface area (Å²) < 4.78 is 7.74. The summed E-state index contributed by atoms with van der Waals surface area (Å²) in [5.74, 6) is -0.934. The molecule has 0 amide bonds. The van der Waals surface area contributed by atoms with E-state index in [1.54, 1.807) is 18.5 Å². The van der Waals surface area contributed by atoms with Gasteiger partial charge in [-0.25, -0.2) is 9.78 Å². The third-order valence-electron chi connectivity index (χ3n) is 3.85. The fourth-order valence-electron chi connectivity index (χ4n) is 2.76. The molecule has 2 heterocycles. The number of carboxylic acids is 1. The lowest BCUT2D eigenvalue weighted by Crippen LogP contribution is -2.20. The normalized spacial score (nSPS) is 19.3. The first-order chi connectivity index (χ1) is 9.75. The Morgan fingerprint density at radius 3 is 3.10 bits per heavy atom. The van der Waals surface area contributed by atoms with Crippen molar-refractivity contribution in [3.05, 3.63) is 30.1 Å². The quantitative estimate of drug-likeness (QED) is 0.931. The molecule has 1 saturated heterocycles. The lowest BCUT2D eigenvalue weighted by atomic mass is 10.1. The molecule has 5 heteroatoms. The molecular weight excluding hydrogens is 256 g/mol. The van der Waals surface area contributed by atoms with Gasteiger partial charge in [-0.05, 0) is 37.8 Å². The fourth-order valence-corrected chi connectivity index (χ4v) is 2.76. The predicted octanol–water partition coefficient (Wildman–Crippen LogP) is 2.69. The van der Waals surface area contributed by atoms with E-state index < -0.39 is 5.97 Å². The highest BCUT2D eigenvalue weighted by molar-refractivity contribution is 6.00. The molecule has 106 valence electrons. The number of hydrogen-bond acceptors (Lipinski definition) is 3. The van der Waals surface area contributed by atoms with Crippen LogP contribution in [0, 0.1) is 0 Å². The first-order valence-corrected chi connectivity index (χ1v) is 7.04. The van der Waals surface area contributed by atoms with Crippen LogP contribution < -0.4 is 0 Å². The van der Waals surface area contributed by atoms with Crippen LogP contribution in [0.3, 0.4) is 0 Å². The van der Waals surface area contributed by atoms with Gasteiger partial charge in [-0.2, -0.15) is 0 Å². The summed E-state index contributed by atoms with van der Waals surface area (Å²) >= 11 is 0. The Kier molecular flexibility index (Phi) is 3.69. The van der Waals surface area contributed by atoms with Gasteiger partial charge in [0.15, 0.2) is 0 Å². The summed E-state index contributed by atoms with van der Waals surface area (Å²) in [7, 11) is 0. The first-order valence-electron chi connectivity index (χ1n) is 7.04. The van der Waals surface area contributed by atoms with Crippen LogP contribution in [-0.2, 0) is 11.3 Å². The minimum absolute atomic E-state index is 0.259. The number of fused-ring (bicyclic) bond motifs is 1. The van der Waals surface area contributed by atoms with Crippen molar-refractivity contribution >= 4 is 17.0 Å². The Bertz CT molecular complexity index is 615. The Morgan fingerprint density at radius 2 is 2.35 bits per heavy atom. The van der Waals surface area contributed by atoms with Crippen LogP contribution in [0.4, 0.5) is 0 Å². The number of para-hydroxylation sites is 1. The number of carboxylic acid groups (broad SMARTS) is 1. The van der Waals surface area contributed by atoms with E-state index >= 15 is 0 Å². The molecule has 1 unspecified atom stereocenters. The van der Waals surface area contributed by atoms with E-state index in [4.69, 9.17) is 9.84 Å². The number of imidazole rings is 1. The maximum absolute atomic E-state index is 11.2. The summed E-state index contributed by atoms with van der Waals surface area (Å²) in [5.41, 5.74) is 1.69. The molecule has 1 aromatic carbocycles. The maximum Gasteiger partial charge on any atom is 0.337 e. The number of rotatable bonds is 4. The van der Waals surface area contributed by atoms with Gasteiger partial charge in [-0.15, -0.1) is 0 Å². The summed E-state index contributed by atoms with van der Waals surface area (Å²) in [6, 6.07) is 5.27. The second-order valence-electron chi connectivity index (χ2n) is 5.19. The molecular formula is C15H18N2O3. The number of carbonyl (C=O) groups is 1. The number of benzene rings is 1. The Balaban J connectivity index is 1.78. The number of ether oxygens (including phenoxy) is 1. The highest BCUT2D eigenvalue weighted by atomic mass is 16.5. The number of hydrogen-bond donors (Lipinski definition) is 1. The van der Waals surface area contributed by atoms with Gasteiger partial charge in [-0.3, -0.25) is 0 Å². The minimum Gasteiger partial charge on any atom is -0.478 e. The Labute approximate surface area is 117 Å². The molecule has 1 N–H and O–H groups in total. The summed E-state index contributed by atoms with van der Waals surface area (Å²) in [4.78, 5) is 15.4. The largest absolute Gasteiger partial charge is 0.478 e. The van der Waals surface area contributed by atoms with Crippen molar-refractivity contribution in [2.45, 2.75) is 38.3 Å². The van der Waals surface area contributed by atoms with Crippen LogP contribution in [0.5, 0.6) is 0 Å². The van der Waals surface area contributed by atoms with E-state index in [2.05, 4.69) is 4.98 Å². The molecule has 20 heavy (non-hydrogen) atoms. The zero-order chi connectivity index (χ0) is 13.9. The molecule has 0 bridgehead atoms. The summed E-state index contributed by atoms with van der Waals surface area (Å²) in [5, 5.41) is 9.16. The zero-order valence-corrected chi connectivity index (χ0v) is 11.3. The van der Waals surface area contributed by atoms with Crippen molar-refractivity contribution in [3.8, 4) is 0 Å². The molecule has 1 atom stereocenters. The monoisotopic (exact) mass is 274 g/mol. The van der Waals surface area contributed by atoms with Gasteiger partial charge < -0.3 is 14.4 Å². The van der Waals surface area contributed by atoms with Crippen molar-refractivity contribution < 1.29 is 14.6 Å². The Hall–Kier alpha value is -1.88. The van der Waals surface area contributed by atoms with Gasteiger partial charge in [0.05, 0.1) is 23.5 Å². The van der Waals surface area contributed by atoms with Crippen LogP contribution >= 0.6 is 0 Å². The van der Waals surface area contributed by atoms with Gasteiger partial charge in [0, 0.05) is 13.2 Å². The molecule has 0 radical (unpaired) electrons. The van der Waals surface area contributed by atoms with Crippen molar-refractivity contribution in [1.82, 2.24) is 9.55 Å². The molecule has 0 aliphatic carbocycles. The van der Waals surface area contributed by atoms with E-state index in [1.807, 2.05) is 10.6 Å². The van der Waals surface area contributed by atoms with Crippen molar-refractivity contribution in [3.63, 3.8) is 0 Å². The van der Waals surface area contributed by atoms with E-state index in [1.165, 1.54) is 6.42 Å². The fraction of sp³-hybridized carbons (Fsp3) is 0.467. The van der Waals surface area contributed by atoms with E-state index in [0.29, 0.717) is 11.6 Å². The van der Waals surface area contributed by atoms with Crippen molar-refractivity contribution in [1.29, 1.82) is 0 Å². The minimum atomic E-state index is -0.934. The average molecular weight is 274 g/mol. The molecule has 1 fully saturated rings. The average Bonchev–Trinajstić information content (AvgIpc) is 2.89. The van der Waals surface area contributed by atoms with Gasteiger partial charge in [-0.1, -0.05) is 6.07 Å². The third-order valence-corrected chi connectivity index (χ3v) is 3.85. The van der Waals surface area contributed by atoms with Gasteiger partial charge >= 0.3 is 5.97 Å². The predicted molar refractivity (Wildman–Crippen MR) is 74.9 cm³/mol. The first kappa shape index (κ1) is 13.1. The molecule has 1 aliphatic heterocycles. The molecule has 1 aromatic heterocycles. The smallest absolute Gasteiger partial charge is 0.337 e. The highest BCUT2D eigenvalue weighted by Crippen LogP contribution is 2.20. The third kappa shape index (κ3) is 2.54. The molecule has 3 rings (SSSR count). The Morgan fingerprint density at radius 1 is 1.45 bits per heavy atom. The topological polar surface area (TPSA) is 64.3 Å². The number of aryl methyl sites for hydroxylation is 1. The summed E-state index contributed by atoms with van der Waals surface area (Å²) in [6.45, 7) is 1.67.